The van der Waals surface area contributed by atoms with E-state index in [4.69, 9.17) is 0 Å². The molecule has 0 radical (unpaired) electrons. The molecule has 3 nitrogen and oxygen atoms in total. The Balaban J connectivity index is 2.03. The number of fused-ring (bicyclic) bond motifs is 1. The van der Waals surface area contributed by atoms with Crippen LogP contribution in [0.15, 0.2) is 42.6 Å². The Morgan fingerprint density at radius 2 is 1.74 bits per heavy atom. The summed E-state index contributed by atoms with van der Waals surface area (Å²) in [4.78, 5) is 4.39. The van der Waals surface area contributed by atoms with Crippen molar-refractivity contribution < 1.29 is 0 Å². The van der Waals surface area contributed by atoms with E-state index in [2.05, 4.69) is 48.2 Å². The molecule has 0 spiro atoms. The van der Waals surface area contributed by atoms with E-state index in [0.717, 1.165) is 22.6 Å². The Labute approximate surface area is 112 Å². The fourth-order valence-electron chi connectivity index (χ4n) is 2.19. The molecule has 0 fully saturated rings. The van der Waals surface area contributed by atoms with Crippen molar-refractivity contribution in [2.75, 3.05) is 0 Å². The molecule has 2 heterocycles. The lowest BCUT2D eigenvalue weighted by Gasteiger charge is -2.06. The molecule has 0 N–H and O–H groups in total. The Hall–Kier alpha value is -2.16. The molecule has 19 heavy (non-hydrogen) atoms. The van der Waals surface area contributed by atoms with E-state index in [1.807, 2.05) is 29.8 Å². The molecule has 0 aliphatic rings. The molecule has 0 aliphatic carbocycles. The van der Waals surface area contributed by atoms with Gasteiger partial charge in [0.1, 0.15) is 0 Å². The van der Waals surface area contributed by atoms with Crippen LogP contribution in [0.1, 0.15) is 31.0 Å². The van der Waals surface area contributed by atoms with Crippen LogP contribution in [-0.4, -0.2) is 14.6 Å². The summed E-state index contributed by atoms with van der Waals surface area (Å²) < 4.78 is 1.83. The third-order valence-electron chi connectivity index (χ3n) is 3.31. The summed E-state index contributed by atoms with van der Waals surface area (Å²) >= 11 is 0. The van der Waals surface area contributed by atoms with Crippen LogP contribution in [0.25, 0.3) is 16.9 Å². The van der Waals surface area contributed by atoms with Crippen molar-refractivity contribution in [1.29, 1.82) is 0 Å². The highest BCUT2D eigenvalue weighted by atomic mass is 15.2. The molecule has 0 amide bonds. The fraction of sp³-hybridized carbons (Fsp3) is 0.250. The number of hydrogen-bond acceptors (Lipinski definition) is 2. The van der Waals surface area contributed by atoms with Crippen molar-refractivity contribution >= 4 is 5.65 Å². The third-order valence-corrected chi connectivity index (χ3v) is 3.31. The van der Waals surface area contributed by atoms with Gasteiger partial charge in [-0.2, -0.15) is 5.10 Å². The van der Waals surface area contributed by atoms with Crippen LogP contribution >= 0.6 is 0 Å². The third kappa shape index (κ3) is 2.24. The molecule has 0 unspecified atom stereocenters. The Morgan fingerprint density at radius 3 is 2.42 bits per heavy atom. The molecule has 0 saturated heterocycles. The molecule has 3 heteroatoms. The molecule has 0 aliphatic heterocycles. The van der Waals surface area contributed by atoms with Crippen molar-refractivity contribution in [3.05, 3.63) is 53.9 Å². The first-order chi connectivity index (χ1) is 9.13. The van der Waals surface area contributed by atoms with Gasteiger partial charge in [-0.15, -0.1) is 0 Å². The topological polar surface area (TPSA) is 30.2 Å². The lowest BCUT2D eigenvalue weighted by molar-refractivity contribution is 0.866. The van der Waals surface area contributed by atoms with E-state index in [0.29, 0.717) is 5.92 Å². The summed E-state index contributed by atoms with van der Waals surface area (Å²) in [7, 11) is 0. The van der Waals surface area contributed by atoms with Gasteiger partial charge in [-0.05, 0) is 30.5 Å². The largest absolute Gasteiger partial charge is 0.232 e. The summed E-state index contributed by atoms with van der Waals surface area (Å²) in [5.74, 6) is 0.556. The lowest BCUT2D eigenvalue weighted by atomic mass is 10.0. The molecular weight excluding hydrogens is 234 g/mol. The standard InChI is InChI=1S/C16H17N3/c1-11(2)13-4-6-14(7-5-13)15-8-9-16-17-12(3)10-19(16)18-15/h4-11H,1-3H3. The molecule has 96 valence electrons. The number of rotatable bonds is 2. The maximum Gasteiger partial charge on any atom is 0.153 e. The second-order valence-electron chi connectivity index (χ2n) is 5.18. The second kappa shape index (κ2) is 4.50. The van der Waals surface area contributed by atoms with Crippen LogP contribution in [0.3, 0.4) is 0 Å². The van der Waals surface area contributed by atoms with Crippen LogP contribution in [0.4, 0.5) is 0 Å². The number of aryl methyl sites for hydroxylation is 1. The predicted molar refractivity (Wildman–Crippen MR) is 77.2 cm³/mol. The Bertz CT molecular complexity index is 708. The maximum absolute atomic E-state index is 4.59. The highest BCUT2D eigenvalue weighted by Crippen LogP contribution is 2.21. The van der Waals surface area contributed by atoms with E-state index in [-0.39, 0.29) is 0 Å². The Kier molecular flexibility index (Phi) is 2.82. The van der Waals surface area contributed by atoms with Gasteiger partial charge in [0.05, 0.1) is 17.6 Å². The van der Waals surface area contributed by atoms with Crippen molar-refractivity contribution in [2.45, 2.75) is 26.7 Å². The molecule has 0 atom stereocenters. The monoisotopic (exact) mass is 251 g/mol. The van der Waals surface area contributed by atoms with Gasteiger partial charge in [0, 0.05) is 5.56 Å². The molecule has 1 aromatic carbocycles. The van der Waals surface area contributed by atoms with Gasteiger partial charge in [-0.1, -0.05) is 38.1 Å². The number of nitrogens with zero attached hydrogens (tertiary/aromatic N) is 3. The smallest absolute Gasteiger partial charge is 0.153 e. The minimum absolute atomic E-state index is 0.556. The number of hydrogen-bond donors (Lipinski definition) is 0. The van der Waals surface area contributed by atoms with Gasteiger partial charge >= 0.3 is 0 Å². The minimum atomic E-state index is 0.556. The zero-order valence-electron chi connectivity index (χ0n) is 11.5. The number of benzene rings is 1. The van der Waals surface area contributed by atoms with Crippen molar-refractivity contribution in [3.63, 3.8) is 0 Å². The first-order valence-corrected chi connectivity index (χ1v) is 6.57. The van der Waals surface area contributed by atoms with Crippen molar-refractivity contribution in [1.82, 2.24) is 14.6 Å². The highest BCUT2D eigenvalue weighted by Gasteiger charge is 2.04. The number of aromatic nitrogens is 3. The van der Waals surface area contributed by atoms with Gasteiger partial charge in [-0.3, -0.25) is 0 Å². The van der Waals surface area contributed by atoms with Gasteiger partial charge in [0.25, 0.3) is 0 Å². The SMILES string of the molecule is Cc1cn2nc(-c3ccc(C(C)C)cc3)ccc2n1. The summed E-state index contributed by atoms with van der Waals surface area (Å²) in [5, 5.41) is 4.59. The van der Waals surface area contributed by atoms with Crippen LogP contribution in [0, 0.1) is 6.92 Å². The molecule has 0 bridgehead atoms. The summed E-state index contributed by atoms with van der Waals surface area (Å²) in [6.07, 6.45) is 1.95. The van der Waals surface area contributed by atoms with E-state index < -0.39 is 0 Å². The fourth-order valence-corrected chi connectivity index (χ4v) is 2.19. The van der Waals surface area contributed by atoms with E-state index in [1.54, 1.807) is 0 Å². The van der Waals surface area contributed by atoms with Crippen molar-refractivity contribution in [3.8, 4) is 11.3 Å². The van der Waals surface area contributed by atoms with Crippen LogP contribution in [-0.2, 0) is 0 Å². The normalized spacial score (nSPS) is 11.4. The minimum Gasteiger partial charge on any atom is -0.232 e. The highest BCUT2D eigenvalue weighted by molar-refractivity contribution is 5.60. The van der Waals surface area contributed by atoms with E-state index >= 15 is 0 Å². The van der Waals surface area contributed by atoms with Crippen LogP contribution in [0.2, 0.25) is 0 Å². The average Bonchev–Trinajstić information content (AvgIpc) is 2.77. The number of imidazole rings is 1. The first kappa shape index (κ1) is 11.9. The quantitative estimate of drug-likeness (QED) is 0.693. The summed E-state index contributed by atoms with van der Waals surface area (Å²) in [5.41, 5.74) is 5.33. The average molecular weight is 251 g/mol. The van der Waals surface area contributed by atoms with E-state index in [9.17, 15) is 0 Å². The van der Waals surface area contributed by atoms with Crippen molar-refractivity contribution in [2.24, 2.45) is 0 Å². The van der Waals surface area contributed by atoms with Gasteiger partial charge in [0.2, 0.25) is 0 Å². The summed E-state index contributed by atoms with van der Waals surface area (Å²) in [6, 6.07) is 12.6. The lowest BCUT2D eigenvalue weighted by Crippen LogP contribution is -1.93. The zero-order chi connectivity index (χ0) is 13.4. The molecule has 3 aromatic rings. The predicted octanol–water partition coefficient (Wildman–Crippen LogP) is 3.83. The first-order valence-electron chi connectivity index (χ1n) is 6.57. The van der Waals surface area contributed by atoms with E-state index in [1.165, 1.54) is 5.56 Å². The molecule has 0 saturated carbocycles. The molecule has 2 aromatic heterocycles. The van der Waals surface area contributed by atoms with Crippen LogP contribution in [0.5, 0.6) is 0 Å². The Morgan fingerprint density at radius 1 is 1.00 bits per heavy atom. The summed E-state index contributed by atoms with van der Waals surface area (Å²) in [6.45, 7) is 6.38. The molecule has 3 rings (SSSR count). The molecular formula is C16H17N3. The van der Waals surface area contributed by atoms with Gasteiger partial charge in [-0.25, -0.2) is 9.50 Å². The van der Waals surface area contributed by atoms with Gasteiger partial charge < -0.3 is 0 Å². The van der Waals surface area contributed by atoms with Crippen LogP contribution < -0.4 is 0 Å². The maximum atomic E-state index is 4.59. The second-order valence-corrected chi connectivity index (χ2v) is 5.18. The zero-order valence-corrected chi connectivity index (χ0v) is 11.5. The van der Waals surface area contributed by atoms with Gasteiger partial charge in [0.15, 0.2) is 5.65 Å².